The van der Waals surface area contributed by atoms with Gasteiger partial charge in [-0.1, -0.05) is 11.6 Å². The molecule has 84 valence electrons. The minimum Gasteiger partial charge on any atom is -0.317 e. The fraction of sp³-hybridized carbons (Fsp3) is 0.727. The van der Waals surface area contributed by atoms with Crippen LogP contribution in [0.5, 0.6) is 0 Å². The Kier molecular flexibility index (Phi) is 3.32. The highest BCUT2D eigenvalue weighted by Crippen LogP contribution is 2.37. The first-order valence-corrected chi connectivity index (χ1v) is 6.02. The molecule has 0 aliphatic heterocycles. The summed E-state index contributed by atoms with van der Waals surface area (Å²) in [7, 11) is 2.03. The monoisotopic (exact) mass is 227 g/mol. The van der Waals surface area contributed by atoms with Gasteiger partial charge >= 0.3 is 0 Å². The second-order valence-corrected chi connectivity index (χ2v) is 4.60. The molecule has 2 atom stereocenters. The second-order valence-electron chi connectivity index (χ2n) is 4.19. The Morgan fingerprint density at radius 2 is 2.40 bits per heavy atom. The molecule has 1 aromatic rings. The van der Waals surface area contributed by atoms with E-state index in [1.807, 2.05) is 11.7 Å². The Hall–Kier alpha value is -0.540. The van der Waals surface area contributed by atoms with E-state index in [0.717, 1.165) is 11.6 Å². The molecule has 15 heavy (non-hydrogen) atoms. The van der Waals surface area contributed by atoms with Gasteiger partial charge in [-0.05, 0) is 33.2 Å². The van der Waals surface area contributed by atoms with Crippen molar-refractivity contribution in [2.45, 2.75) is 44.7 Å². The molecule has 1 aromatic heterocycles. The van der Waals surface area contributed by atoms with Crippen molar-refractivity contribution in [2.75, 3.05) is 7.05 Å². The minimum absolute atomic E-state index is 0.581. The average Bonchev–Trinajstić information content (AvgIpc) is 2.83. The molecule has 0 spiro atoms. The summed E-state index contributed by atoms with van der Waals surface area (Å²) in [4.78, 5) is 0. The van der Waals surface area contributed by atoms with Crippen LogP contribution in [0.15, 0.2) is 6.20 Å². The largest absolute Gasteiger partial charge is 0.317 e. The molecule has 4 heteroatoms. The maximum absolute atomic E-state index is 6.19. The van der Waals surface area contributed by atoms with Crippen LogP contribution in [0.3, 0.4) is 0 Å². The van der Waals surface area contributed by atoms with Gasteiger partial charge in [0.15, 0.2) is 0 Å². The summed E-state index contributed by atoms with van der Waals surface area (Å²) in [6.07, 6.45) is 5.41. The van der Waals surface area contributed by atoms with Crippen LogP contribution in [-0.4, -0.2) is 22.9 Å². The van der Waals surface area contributed by atoms with Gasteiger partial charge in [-0.15, -0.1) is 0 Å². The first kappa shape index (κ1) is 11.0. The van der Waals surface area contributed by atoms with Crippen LogP contribution in [0.4, 0.5) is 0 Å². The summed E-state index contributed by atoms with van der Waals surface area (Å²) in [5.74, 6) is 0.581. The first-order valence-electron chi connectivity index (χ1n) is 5.64. The molecule has 1 heterocycles. The van der Waals surface area contributed by atoms with E-state index in [1.54, 1.807) is 6.20 Å². The van der Waals surface area contributed by atoms with Crippen LogP contribution in [0, 0.1) is 0 Å². The molecule has 0 bridgehead atoms. The van der Waals surface area contributed by atoms with Crippen molar-refractivity contribution in [2.24, 2.45) is 0 Å². The summed E-state index contributed by atoms with van der Waals surface area (Å²) < 4.78 is 2.03. The van der Waals surface area contributed by atoms with E-state index >= 15 is 0 Å². The fourth-order valence-corrected chi connectivity index (χ4v) is 2.82. The highest BCUT2D eigenvalue weighted by atomic mass is 35.5. The Balaban J connectivity index is 2.19. The van der Waals surface area contributed by atoms with Gasteiger partial charge in [-0.2, -0.15) is 5.10 Å². The van der Waals surface area contributed by atoms with Crippen LogP contribution in [0.1, 0.15) is 37.8 Å². The number of nitrogens with zero attached hydrogens (tertiary/aromatic N) is 2. The highest BCUT2D eigenvalue weighted by Gasteiger charge is 2.28. The zero-order valence-electron chi connectivity index (χ0n) is 9.33. The highest BCUT2D eigenvalue weighted by molar-refractivity contribution is 6.31. The van der Waals surface area contributed by atoms with Crippen molar-refractivity contribution in [3.63, 3.8) is 0 Å². The van der Waals surface area contributed by atoms with Gasteiger partial charge in [0.25, 0.3) is 0 Å². The van der Waals surface area contributed by atoms with Crippen molar-refractivity contribution in [3.05, 3.63) is 16.9 Å². The Labute approximate surface area is 95.8 Å². The molecule has 0 radical (unpaired) electrons. The standard InChI is InChI=1S/C11H18ClN3/c1-3-15-11(10(12)7-14-15)8-4-5-9(6-8)13-2/h7-9,13H,3-6H2,1-2H3. The SMILES string of the molecule is CCn1ncc(Cl)c1C1CCC(NC)C1. The molecule has 1 fully saturated rings. The summed E-state index contributed by atoms with van der Waals surface area (Å²) >= 11 is 6.19. The third-order valence-corrected chi connectivity index (χ3v) is 3.65. The molecule has 2 unspecified atom stereocenters. The van der Waals surface area contributed by atoms with Gasteiger partial charge in [0.05, 0.1) is 16.9 Å². The Morgan fingerprint density at radius 1 is 1.60 bits per heavy atom. The molecule has 3 nitrogen and oxygen atoms in total. The first-order chi connectivity index (χ1) is 7.26. The molecule has 2 rings (SSSR count). The van der Waals surface area contributed by atoms with Crippen LogP contribution < -0.4 is 5.32 Å². The average molecular weight is 228 g/mol. The Morgan fingerprint density at radius 3 is 3.00 bits per heavy atom. The van der Waals surface area contributed by atoms with Gasteiger partial charge in [0, 0.05) is 18.5 Å². The van der Waals surface area contributed by atoms with Crippen LogP contribution >= 0.6 is 11.6 Å². The van der Waals surface area contributed by atoms with E-state index in [1.165, 1.54) is 25.0 Å². The molecule has 1 N–H and O–H groups in total. The summed E-state index contributed by atoms with van der Waals surface area (Å²) in [6, 6.07) is 0.645. The lowest BCUT2D eigenvalue weighted by Crippen LogP contribution is -2.21. The van der Waals surface area contributed by atoms with Gasteiger partial charge in [0.1, 0.15) is 0 Å². The molecular weight excluding hydrogens is 210 g/mol. The van der Waals surface area contributed by atoms with Gasteiger partial charge in [0.2, 0.25) is 0 Å². The number of hydrogen-bond donors (Lipinski definition) is 1. The van der Waals surface area contributed by atoms with Crippen molar-refractivity contribution >= 4 is 11.6 Å². The molecule has 1 aliphatic carbocycles. The number of nitrogens with one attached hydrogen (secondary N) is 1. The topological polar surface area (TPSA) is 29.9 Å². The molecule has 0 aromatic carbocycles. The van der Waals surface area contributed by atoms with Crippen LogP contribution in [0.2, 0.25) is 5.02 Å². The van der Waals surface area contributed by atoms with Gasteiger partial charge < -0.3 is 5.32 Å². The predicted octanol–water partition coefficient (Wildman–Crippen LogP) is 2.41. The normalized spacial score (nSPS) is 26.1. The number of rotatable bonds is 3. The molecular formula is C11H18ClN3. The lowest BCUT2D eigenvalue weighted by Gasteiger charge is -2.13. The van der Waals surface area contributed by atoms with Crippen LogP contribution in [-0.2, 0) is 6.54 Å². The number of aromatic nitrogens is 2. The third-order valence-electron chi connectivity index (χ3n) is 3.36. The molecule has 0 saturated heterocycles. The van der Waals surface area contributed by atoms with E-state index in [0.29, 0.717) is 12.0 Å². The molecule has 1 saturated carbocycles. The number of halogens is 1. The van der Waals surface area contributed by atoms with Crippen molar-refractivity contribution in [3.8, 4) is 0 Å². The summed E-state index contributed by atoms with van der Waals surface area (Å²) in [5.41, 5.74) is 1.23. The molecule has 0 amide bonds. The minimum atomic E-state index is 0.581. The van der Waals surface area contributed by atoms with E-state index < -0.39 is 0 Å². The van der Waals surface area contributed by atoms with Crippen molar-refractivity contribution in [1.82, 2.24) is 15.1 Å². The maximum atomic E-state index is 6.19. The predicted molar refractivity (Wildman–Crippen MR) is 62.4 cm³/mol. The summed E-state index contributed by atoms with van der Waals surface area (Å²) in [5, 5.41) is 8.47. The van der Waals surface area contributed by atoms with E-state index in [-0.39, 0.29) is 0 Å². The van der Waals surface area contributed by atoms with E-state index in [9.17, 15) is 0 Å². The number of aryl methyl sites for hydroxylation is 1. The van der Waals surface area contributed by atoms with Crippen molar-refractivity contribution < 1.29 is 0 Å². The summed E-state index contributed by atoms with van der Waals surface area (Å²) in [6.45, 7) is 3.01. The number of hydrogen-bond acceptors (Lipinski definition) is 2. The zero-order chi connectivity index (χ0) is 10.8. The lowest BCUT2D eigenvalue weighted by atomic mass is 10.0. The van der Waals surface area contributed by atoms with Crippen molar-refractivity contribution in [1.29, 1.82) is 0 Å². The van der Waals surface area contributed by atoms with Gasteiger partial charge in [-0.25, -0.2) is 0 Å². The van der Waals surface area contributed by atoms with Gasteiger partial charge in [-0.3, -0.25) is 4.68 Å². The Bertz CT molecular complexity index is 335. The maximum Gasteiger partial charge on any atom is 0.0820 e. The molecule has 1 aliphatic rings. The fourth-order valence-electron chi connectivity index (χ4n) is 2.52. The second kappa shape index (κ2) is 4.54. The van der Waals surface area contributed by atoms with E-state index in [2.05, 4.69) is 17.3 Å². The zero-order valence-corrected chi connectivity index (χ0v) is 10.1. The smallest absolute Gasteiger partial charge is 0.0820 e. The van der Waals surface area contributed by atoms with Crippen LogP contribution in [0.25, 0.3) is 0 Å². The quantitative estimate of drug-likeness (QED) is 0.860. The van der Waals surface area contributed by atoms with E-state index in [4.69, 9.17) is 11.6 Å². The lowest BCUT2D eigenvalue weighted by molar-refractivity contribution is 0.541. The third kappa shape index (κ3) is 2.04.